The molecule has 0 amide bonds. The third-order valence-electron chi connectivity index (χ3n) is 2.75. The van der Waals surface area contributed by atoms with Crippen molar-refractivity contribution in [3.8, 4) is 0 Å². The van der Waals surface area contributed by atoms with Crippen molar-refractivity contribution >= 4 is 23.0 Å². The molecule has 0 saturated heterocycles. The first-order chi connectivity index (χ1) is 7.90. The van der Waals surface area contributed by atoms with Gasteiger partial charge in [-0.2, -0.15) is 0 Å². The van der Waals surface area contributed by atoms with Crippen molar-refractivity contribution < 1.29 is 0 Å². The highest BCUT2D eigenvalue weighted by molar-refractivity contribution is 6.33. The van der Waals surface area contributed by atoms with Gasteiger partial charge in [-0.1, -0.05) is 11.6 Å². The third-order valence-corrected chi connectivity index (χ3v) is 3.08. The lowest BCUT2D eigenvalue weighted by molar-refractivity contribution is 0.390. The minimum Gasteiger partial charge on any atom is -0.398 e. The molecule has 0 spiro atoms. The van der Waals surface area contributed by atoms with Gasteiger partial charge in [0.05, 0.1) is 10.7 Å². The van der Waals surface area contributed by atoms with Crippen LogP contribution in [0.25, 0.3) is 0 Å². The number of halogens is 1. The SMILES string of the molecule is Cc1cc(N)c(Cl)cc1NC(C)CCN(C)C. The van der Waals surface area contributed by atoms with E-state index in [2.05, 4.69) is 31.2 Å². The van der Waals surface area contributed by atoms with Crippen molar-refractivity contribution in [1.29, 1.82) is 0 Å². The largest absolute Gasteiger partial charge is 0.398 e. The van der Waals surface area contributed by atoms with E-state index in [0.29, 0.717) is 16.8 Å². The van der Waals surface area contributed by atoms with Crippen LogP contribution in [0.3, 0.4) is 0 Å². The van der Waals surface area contributed by atoms with Gasteiger partial charge in [0.15, 0.2) is 0 Å². The number of hydrogen-bond acceptors (Lipinski definition) is 3. The zero-order valence-electron chi connectivity index (χ0n) is 11.0. The first-order valence-corrected chi connectivity index (χ1v) is 6.25. The fourth-order valence-electron chi connectivity index (χ4n) is 1.65. The van der Waals surface area contributed by atoms with Crippen molar-refractivity contribution in [2.24, 2.45) is 0 Å². The number of rotatable bonds is 5. The molecular weight excluding hydrogens is 234 g/mol. The van der Waals surface area contributed by atoms with Gasteiger partial charge >= 0.3 is 0 Å². The van der Waals surface area contributed by atoms with Gasteiger partial charge in [-0.25, -0.2) is 0 Å². The highest BCUT2D eigenvalue weighted by atomic mass is 35.5. The third kappa shape index (κ3) is 4.44. The molecule has 0 aliphatic carbocycles. The fraction of sp³-hybridized carbons (Fsp3) is 0.538. The van der Waals surface area contributed by atoms with Gasteiger partial charge in [0, 0.05) is 11.7 Å². The normalized spacial score (nSPS) is 12.8. The molecule has 0 heterocycles. The fourth-order valence-corrected chi connectivity index (χ4v) is 1.81. The molecule has 4 heteroatoms. The highest BCUT2D eigenvalue weighted by Crippen LogP contribution is 2.27. The Hall–Kier alpha value is -0.930. The first kappa shape index (κ1) is 14.1. The molecule has 0 radical (unpaired) electrons. The number of anilines is 2. The van der Waals surface area contributed by atoms with Crippen molar-refractivity contribution in [3.05, 3.63) is 22.7 Å². The highest BCUT2D eigenvalue weighted by Gasteiger charge is 2.07. The van der Waals surface area contributed by atoms with Gasteiger partial charge in [-0.15, -0.1) is 0 Å². The second-order valence-corrected chi connectivity index (χ2v) is 5.23. The summed E-state index contributed by atoms with van der Waals surface area (Å²) in [5.41, 5.74) is 8.58. The molecule has 0 aromatic heterocycles. The Balaban J connectivity index is 2.65. The van der Waals surface area contributed by atoms with Crippen LogP contribution in [0.15, 0.2) is 12.1 Å². The van der Waals surface area contributed by atoms with E-state index in [0.717, 1.165) is 24.2 Å². The van der Waals surface area contributed by atoms with E-state index in [1.54, 1.807) is 0 Å². The zero-order valence-corrected chi connectivity index (χ0v) is 11.8. The Morgan fingerprint density at radius 3 is 2.65 bits per heavy atom. The molecule has 0 fully saturated rings. The average Bonchev–Trinajstić information content (AvgIpc) is 2.23. The maximum absolute atomic E-state index is 6.02. The molecule has 0 aliphatic rings. The molecule has 96 valence electrons. The van der Waals surface area contributed by atoms with Crippen LogP contribution in [0.1, 0.15) is 18.9 Å². The number of nitrogen functional groups attached to an aromatic ring is 1. The van der Waals surface area contributed by atoms with Crippen molar-refractivity contribution in [1.82, 2.24) is 4.90 Å². The van der Waals surface area contributed by atoms with Gasteiger partial charge in [-0.3, -0.25) is 0 Å². The molecule has 1 atom stereocenters. The summed E-state index contributed by atoms with van der Waals surface area (Å²) in [5, 5.41) is 4.08. The summed E-state index contributed by atoms with van der Waals surface area (Å²) >= 11 is 6.02. The Morgan fingerprint density at radius 2 is 2.06 bits per heavy atom. The van der Waals surface area contributed by atoms with Crippen LogP contribution < -0.4 is 11.1 Å². The summed E-state index contributed by atoms with van der Waals surface area (Å²) in [6.45, 7) is 5.27. The van der Waals surface area contributed by atoms with Crippen LogP contribution in [0.2, 0.25) is 5.02 Å². The standard InChI is InChI=1S/C13H22ClN3/c1-9-7-12(15)11(14)8-13(9)16-10(2)5-6-17(3)4/h7-8,10,16H,5-6,15H2,1-4H3. The second kappa shape index (κ2) is 6.12. The summed E-state index contributed by atoms with van der Waals surface area (Å²) < 4.78 is 0. The lowest BCUT2D eigenvalue weighted by atomic mass is 10.1. The number of nitrogens with two attached hydrogens (primary N) is 1. The van der Waals surface area contributed by atoms with E-state index in [9.17, 15) is 0 Å². The summed E-state index contributed by atoms with van der Waals surface area (Å²) in [6.07, 6.45) is 1.09. The lowest BCUT2D eigenvalue weighted by Gasteiger charge is -2.19. The van der Waals surface area contributed by atoms with Gasteiger partial charge in [-0.05, 0) is 58.6 Å². The smallest absolute Gasteiger partial charge is 0.0656 e. The minimum absolute atomic E-state index is 0.413. The predicted molar refractivity (Wildman–Crippen MR) is 76.9 cm³/mol. The van der Waals surface area contributed by atoms with Crippen LogP contribution >= 0.6 is 11.6 Å². The van der Waals surface area contributed by atoms with E-state index in [4.69, 9.17) is 17.3 Å². The Kier molecular flexibility index (Phi) is 5.09. The van der Waals surface area contributed by atoms with Crippen LogP contribution in [0.5, 0.6) is 0 Å². The van der Waals surface area contributed by atoms with Crippen molar-refractivity contribution in [2.75, 3.05) is 31.7 Å². The molecule has 1 aromatic rings. The predicted octanol–water partition coefficient (Wildman–Crippen LogP) is 2.98. The van der Waals surface area contributed by atoms with Crippen LogP contribution in [-0.2, 0) is 0 Å². The summed E-state index contributed by atoms with van der Waals surface area (Å²) in [7, 11) is 4.16. The van der Waals surface area contributed by atoms with Crippen molar-refractivity contribution in [3.63, 3.8) is 0 Å². The molecule has 0 bridgehead atoms. The molecule has 1 rings (SSSR count). The molecular formula is C13H22ClN3. The quantitative estimate of drug-likeness (QED) is 0.795. The van der Waals surface area contributed by atoms with Gasteiger partial charge in [0.25, 0.3) is 0 Å². The maximum atomic E-state index is 6.02. The summed E-state index contributed by atoms with van der Waals surface area (Å²) in [4.78, 5) is 2.18. The topological polar surface area (TPSA) is 41.3 Å². The van der Waals surface area contributed by atoms with E-state index >= 15 is 0 Å². The maximum Gasteiger partial charge on any atom is 0.0656 e. The first-order valence-electron chi connectivity index (χ1n) is 5.87. The van der Waals surface area contributed by atoms with Crippen molar-refractivity contribution in [2.45, 2.75) is 26.3 Å². The zero-order chi connectivity index (χ0) is 13.0. The van der Waals surface area contributed by atoms with E-state index in [1.165, 1.54) is 0 Å². The Morgan fingerprint density at radius 1 is 1.41 bits per heavy atom. The van der Waals surface area contributed by atoms with Gasteiger partial charge < -0.3 is 16.0 Å². The van der Waals surface area contributed by atoms with Crippen LogP contribution in [0.4, 0.5) is 11.4 Å². The molecule has 3 N–H and O–H groups in total. The molecule has 1 aromatic carbocycles. The van der Waals surface area contributed by atoms with Crippen LogP contribution in [0, 0.1) is 6.92 Å². The number of nitrogens with one attached hydrogen (secondary N) is 1. The van der Waals surface area contributed by atoms with Crippen LogP contribution in [-0.4, -0.2) is 31.6 Å². The van der Waals surface area contributed by atoms with E-state index in [1.807, 2.05) is 19.1 Å². The number of hydrogen-bond donors (Lipinski definition) is 2. The molecule has 0 saturated carbocycles. The number of nitrogens with zero attached hydrogens (tertiary/aromatic N) is 1. The Labute approximate surface area is 109 Å². The van der Waals surface area contributed by atoms with E-state index < -0.39 is 0 Å². The average molecular weight is 256 g/mol. The lowest BCUT2D eigenvalue weighted by Crippen LogP contribution is -2.23. The molecule has 0 aliphatic heterocycles. The summed E-state index contributed by atoms with van der Waals surface area (Å²) in [6, 6.07) is 4.22. The Bertz CT molecular complexity index is 377. The number of aryl methyl sites for hydroxylation is 1. The van der Waals surface area contributed by atoms with E-state index in [-0.39, 0.29) is 0 Å². The molecule has 17 heavy (non-hydrogen) atoms. The minimum atomic E-state index is 0.413. The second-order valence-electron chi connectivity index (χ2n) is 4.83. The number of benzene rings is 1. The van der Waals surface area contributed by atoms with Gasteiger partial charge in [0.1, 0.15) is 0 Å². The van der Waals surface area contributed by atoms with Gasteiger partial charge in [0.2, 0.25) is 0 Å². The molecule has 1 unspecified atom stereocenters. The molecule has 3 nitrogen and oxygen atoms in total. The summed E-state index contributed by atoms with van der Waals surface area (Å²) in [5.74, 6) is 0. The monoisotopic (exact) mass is 255 g/mol.